The molecule has 5 rings (SSSR count). The van der Waals surface area contributed by atoms with Gasteiger partial charge in [-0.2, -0.15) is 0 Å². The Balaban J connectivity index is 1.56. The lowest BCUT2D eigenvalue weighted by atomic mass is 9.99. The minimum absolute atomic E-state index is 0.00731. The fourth-order valence-corrected chi connectivity index (χ4v) is 4.70. The van der Waals surface area contributed by atoms with E-state index in [4.69, 9.17) is 49.0 Å². The SMILES string of the molecule is CC1(C)O[C@@H]2[C@H](O1)[C@@H](C(O)c1ccc(Cl)c(Cl)c1)O[C@H]2n1cc(F)c2c(Cl)ncnc21. The Hall–Kier alpha value is -1.52. The quantitative estimate of drug-likeness (QED) is 0.539. The summed E-state index contributed by atoms with van der Waals surface area (Å²) in [7, 11) is 0. The number of halogens is 4. The van der Waals surface area contributed by atoms with Crippen molar-refractivity contribution in [1.82, 2.24) is 14.5 Å². The van der Waals surface area contributed by atoms with Crippen LogP contribution in [0, 0.1) is 5.82 Å². The van der Waals surface area contributed by atoms with Crippen molar-refractivity contribution in [3.05, 3.63) is 57.3 Å². The van der Waals surface area contributed by atoms with Gasteiger partial charge in [-0.1, -0.05) is 40.9 Å². The number of hydrogen-bond donors (Lipinski definition) is 1. The first-order chi connectivity index (χ1) is 14.7. The van der Waals surface area contributed by atoms with Crippen molar-refractivity contribution in [2.75, 3.05) is 0 Å². The molecular formula is C20H17Cl3FN3O4. The molecule has 0 aliphatic carbocycles. The number of aliphatic hydroxyl groups is 1. The minimum Gasteiger partial charge on any atom is -0.386 e. The van der Waals surface area contributed by atoms with Gasteiger partial charge in [-0.3, -0.25) is 0 Å². The van der Waals surface area contributed by atoms with Gasteiger partial charge in [0.25, 0.3) is 0 Å². The molecule has 164 valence electrons. The lowest BCUT2D eigenvalue weighted by molar-refractivity contribution is -0.207. The van der Waals surface area contributed by atoms with E-state index >= 15 is 0 Å². The fraction of sp³-hybridized carbons (Fsp3) is 0.400. The topological polar surface area (TPSA) is 78.6 Å². The van der Waals surface area contributed by atoms with Gasteiger partial charge in [0.2, 0.25) is 0 Å². The molecule has 2 saturated heterocycles. The molecule has 1 aromatic carbocycles. The molecule has 2 aromatic heterocycles. The van der Waals surface area contributed by atoms with E-state index in [0.29, 0.717) is 15.6 Å². The van der Waals surface area contributed by atoms with E-state index in [2.05, 4.69) is 9.97 Å². The summed E-state index contributed by atoms with van der Waals surface area (Å²) in [5.74, 6) is -1.52. The molecule has 7 nitrogen and oxygen atoms in total. The van der Waals surface area contributed by atoms with E-state index in [0.717, 1.165) is 0 Å². The third-order valence-corrected chi connectivity index (χ3v) is 6.48. The van der Waals surface area contributed by atoms with Crippen LogP contribution in [-0.2, 0) is 14.2 Å². The third-order valence-electron chi connectivity index (χ3n) is 5.45. The number of nitrogens with zero attached hydrogens (tertiary/aromatic N) is 3. The van der Waals surface area contributed by atoms with Crippen LogP contribution < -0.4 is 0 Å². The number of aromatic nitrogens is 3. The van der Waals surface area contributed by atoms with Crippen molar-refractivity contribution in [1.29, 1.82) is 0 Å². The summed E-state index contributed by atoms with van der Waals surface area (Å²) in [5, 5.41) is 11.8. The average Bonchev–Trinajstić information content (AvgIpc) is 3.32. The van der Waals surface area contributed by atoms with Crippen LogP contribution in [0.4, 0.5) is 4.39 Å². The smallest absolute Gasteiger partial charge is 0.165 e. The molecule has 0 saturated carbocycles. The molecule has 11 heteroatoms. The van der Waals surface area contributed by atoms with Gasteiger partial charge in [0.15, 0.2) is 17.8 Å². The maximum absolute atomic E-state index is 14.6. The molecule has 4 heterocycles. The van der Waals surface area contributed by atoms with Crippen molar-refractivity contribution < 1.29 is 23.7 Å². The molecular weight excluding hydrogens is 472 g/mol. The third kappa shape index (κ3) is 3.51. The van der Waals surface area contributed by atoms with E-state index in [1.165, 1.54) is 17.1 Å². The van der Waals surface area contributed by atoms with Crippen LogP contribution >= 0.6 is 34.8 Å². The van der Waals surface area contributed by atoms with Crippen LogP contribution in [0.3, 0.4) is 0 Å². The van der Waals surface area contributed by atoms with E-state index in [1.54, 1.807) is 32.0 Å². The highest BCUT2D eigenvalue weighted by molar-refractivity contribution is 6.42. The highest BCUT2D eigenvalue weighted by Gasteiger charge is 2.58. The summed E-state index contributed by atoms with van der Waals surface area (Å²) < 4.78 is 34.4. The summed E-state index contributed by atoms with van der Waals surface area (Å²) in [4.78, 5) is 8.00. The number of ether oxygens (including phenoxy) is 3. The van der Waals surface area contributed by atoms with Crippen LogP contribution in [0.15, 0.2) is 30.7 Å². The number of benzene rings is 1. The van der Waals surface area contributed by atoms with Crippen LogP contribution in [0.5, 0.6) is 0 Å². The Kier molecular flexibility index (Phi) is 5.17. The zero-order chi connectivity index (χ0) is 22.1. The number of rotatable bonds is 3. The molecule has 2 fully saturated rings. The van der Waals surface area contributed by atoms with E-state index in [9.17, 15) is 9.50 Å². The lowest BCUT2D eigenvalue weighted by Gasteiger charge is -2.27. The molecule has 3 aromatic rings. The zero-order valence-electron chi connectivity index (χ0n) is 16.3. The highest BCUT2D eigenvalue weighted by atomic mass is 35.5. The van der Waals surface area contributed by atoms with Gasteiger partial charge in [-0.25, -0.2) is 14.4 Å². The van der Waals surface area contributed by atoms with E-state index in [-0.39, 0.29) is 16.2 Å². The van der Waals surface area contributed by atoms with Gasteiger partial charge >= 0.3 is 0 Å². The van der Waals surface area contributed by atoms with Gasteiger partial charge in [-0.15, -0.1) is 0 Å². The Labute approximate surface area is 191 Å². The lowest BCUT2D eigenvalue weighted by Crippen LogP contribution is -2.34. The molecule has 2 aliphatic heterocycles. The minimum atomic E-state index is -1.10. The second-order valence-electron chi connectivity index (χ2n) is 7.92. The Morgan fingerprint density at radius 3 is 2.61 bits per heavy atom. The van der Waals surface area contributed by atoms with Gasteiger partial charge in [0.05, 0.1) is 15.4 Å². The highest BCUT2D eigenvalue weighted by Crippen LogP contribution is 2.47. The number of hydrogen-bond acceptors (Lipinski definition) is 6. The summed E-state index contributed by atoms with van der Waals surface area (Å²) in [6.07, 6.45) is -1.56. The normalized spacial score (nSPS) is 28.2. The van der Waals surface area contributed by atoms with Crippen molar-refractivity contribution in [2.45, 2.75) is 50.3 Å². The van der Waals surface area contributed by atoms with E-state index < -0.39 is 42.2 Å². The first-order valence-electron chi connectivity index (χ1n) is 9.47. The molecule has 0 radical (unpaired) electrons. The van der Waals surface area contributed by atoms with Crippen LogP contribution in [0.2, 0.25) is 15.2 Å². The molecule has 1 N–H and O–H groups in total. The van der Waals surface area contributed by atoms with E-state index in [1.807, 2.05) is 0 Å². The van der Waals surface area contributed by atoms with Gasteiger partial charge < -0.3 is 23.9 Å². The van der Waals surface area contributed by atoms with Crippen molar-refractivity contribution >= 4 is 45.8 Å². The van der Waals surface area contributed by atoms with Crippen LogP contribution in [0.25, 0.3) is 11.0 Å². The fourth-order valence-electron chi connectivity index (χ4n) is 4.17. The Morgan fingerprint density at radius 1 is 1.13 bits per heavy atom. The van der Waals surface area contributed by atoms with Gasteiger partial charge in [-0.05, 0) is 31.5 Å². The van der Waals surface area contributed by atoms with Crippen molar-refractivity contribution in [2.24, 2.45) is 0 Å². The van der Waals surface area contributed by atoms with Crippen LogP contribution in [-0.4, -0.2) is 43.7 Å². The maximum atomic E-state index is 14.6. The maximum Gasteiger partial charge on any atom is 0.165 e. The first kappa shape index (κ1) is 21.3. The largest absolute Gasteiger partial charge is 0.386 e. The summed E-state index contributed by atoms with van der Waals surface area (Å²) in [6.45, 7) is 3.52. The predicted octanol–water partition coefficient (Wildman–Crippen LogP) is 4.68. The molecule has 2 aliphatic rings. The zero-order valence-corrected chi connectivity index (χ0v) is 18.6. The van der Waals surface area contributed by atoms with Gasteiger partial charge in [0, 0.05) is 6.20 Å². The summed E-state index contributed by atoms with van der Waals surface area (Å²) in [5.41, 5.74) is 0.750. The van der Waals surface area contributed by atoms with Gasteiger partial charge in [0.1, 0.15) is 41.5 Å². The van der Waals surface area contributed by atoms with Crippen molar-refractivity contribution in [3.63, 3.8) is 0 Å². The second kappa shape index (κ2) is 7.52. The Bertz CT molecular complexity index is 1170. The molecule has 31 heavy (non-hydrogen) atoms. The molecule has 0 spiro atoms. The second-order valence-corrected chi connectivity index (χ2v) is 9.09. The van der Waals surface area contributed by atoms with Crippen molar-refractivity contribution in [3.8, 4) is 0 Å². The standard InChI is InChI=1S/C20H17Cl3FN3O4/c1-20(2)30-15-14(13(28)8-3-4-9(21)10(22)5-8)29-19(16(15)31-20)27-6-11(24)12-17(23)25-7-26-18(12)27/h3-7,13-16,19,28H,1-2H3/t13?,14-,15-,16-,19-/m1/s1. The number of aliphatic hydroxyl groups excluding tert-OH is 1. The monoisotopic (exact) mass is 487 g/mol. The molecule has 5 atom stereocenters. The molecule has 0 amide bonds. The Morgan fingerprint density at radius 2 is 1.87 bits per heavy atom. The number of fused-ring (bicyclic) bond motifs is 2. The van der Waals surface area contributed by atoms with Crippen LogP contribution in [0.1, 0.15) is 31.7 Å². The summed E-state index contributed by atoms with van der Waals surface area (Å²) >= 11 is 18.2. The average molecular weight is 489 g/mol. The summed E-state index contributed by atoms with van der Waals surface area (Å²) in [6, 6.07) is 4.82. The first-order valence-corrected chi connectivity index (χ1v) is 10.6. The molecule has 1 unspecified atom stereocenters. The predicted molar refractivity (Wildman–Crippen MR) is 112 cm³/mol. The molecule has 0 bridgehead atoms.